The largest absolute Gasteiger partial charge is 0.457 e. The average Bonchev–Trinajstić information content (AvgIpc) is 2.32. The Morgan fingerprint density at radius 3 is 2.06 bits per heavy atom. The maximum absolute atomic E-state index is 6.05. The Bertz CT molecular complexity index is 541. The minimum atomic E-state index is 0.935. The molecule has 1 nitrogen and oxygen atoms in total. The summed E-state index contributed by atoms with van der Waals surface area (Å²) >= 11 is 0. The van der Waals surface area contributed by atoms with E-state index in [-0.39, 0.29) is 0 Å². The second-order valence-corrected chi connectivity index (χ2v) is 4.52. The summed E-state index contributed by atoms with van der Waals surface area (Å²) in [7, 11) is 0. The molecule has 88 valence electrons. The Labute approximate surface area is 103 Å². The number of aryl methyl sites for hydroxylation is 3. The highest BCUT2D eigenvalue weighted by Gasteiger charge is 2.08. The zero-order valence-corrected chi connectivity index (χ0v) is 10.9. The first-order valence-electron chi connectivity index (χ1n) is 5.90. The molecule has 0 N–H and O–H groups in total. The first-order chi connectivity index (χ1) is 8.09. The third-order valence-electron chi connectivity index (χ3n) is 3.18. The maximum Gasteiger partial charge on any atom is 0.133 e. The van der Waals surface area contributed by atoms with E-state index in [0.29, 0.717) is 0 Å². The van der Waals surface area contributed by atoms with Crippen LogP contribution in [0.1, 0.15) is 22.3 Å². The monoisotopic (exact) mass is 226 g/mol. The minimum Gasteiger partial charge on any atom is -0.457 e. The Balaban J connectivity index is 2.43. The molecule has 0 saturated carbocycles. The zero-order valence-electron chi connectivity index (χ0n) is 10.9. The Morgan fingerprint density at radius 2 is 1.35 bits per heavy atom. The van der Waals surface area contributed by atoms with Gasteiger partial charge in [0.05, 0.1) is 0 Å². The number of benzene rings is 2. The fourth-order valence-corrected chi connectivity index (χ4v) is 1.86. The summed E-state index contributed by atoms with van der Waals surface area (Å²) in [4.78, 5) is 0. The van der Waals surface area contributed by atoms with E-state index in [0.717, 1.165) is 17.1 Å². The van der Waals surface area contributed by atoms with Gasteiger partial charge < -0.3 is 4.74 Å². The van der Waals surface area contributed by atoms with Gasteiger partial charge in [-0.25, -0.2) is 0 Å². The van der Waals surface area contributed by atoms with Crippen molar-refractivity contribution in [1.82, 2.24) is 0 Å². The van der Waals surface area contributed by atoms with Crippen LogP contribution in [0.5, 0.6) is 11.5 Å². The lowest BCUT2D eigenvalue weighted by Gasteiger charge is -2.14. The van der Waals surface area contributed by atoms with Crippen LogP contribution in [0.15, 0.2) is 36.4 Å². The molecule has 2 rings (SSSR count). The van der Waals surface area contributed by atoms with E-state index in [1.165, 1.54) is 16.7 Å². The lowest BCUT2D eigenvalue weighted by Crippen LogP contribution is -1.94. The highest BCUT2D eigenvalue weighted by Crippen LogP contribution is 2.31. The van der Waals surface area contributed by atoms with E-state index in [1.54, 1.807) is 0 Å². The average molecular weight is 226 g/mol. The molecule has 0 amide bonds. The van der Waals surface area contributed by atoms with Crippen molar-refractivity contribution < 1.29 is 4.74 Å². The van der Waals surface area contributed by atoms with E-state index < -0.39 is 0 Å². The van der Waals surface area contributed by atoms with Gasteiger partial charge in [0.25, 0.3) is 0 Å². The van der Waals surface area contributed by atoms with E-state index in [2.05, 4.69) is 45.9 Å². The molecule has 0 saturated heterocycles. The molecule has 0 heterocycles. The number of rotatable bonds is 2. The first kappa shape index (κ1) is 11.7. The van der Waals surface area contributed by atoms with Crippen molar-refractivity contribution in [1.29, 1.82) is 0 Å². The van der Waals surface area contributed by atoms with Crippen LogP contribution in [0.4, 0.5) is 0 Å². The molecule has 0 bridgehead atoms. The predicted octanol–water partition coefficient (Wildman–Crippen LogP) is 4.71. The highest BCUT2D eigenvalue weighted by molar-refractivity contribution is 5.48. The van der Waals surface area contributed by atoms with Crippen LogP contribution in [0.25, 0.3) is 0 Å². The van der Waals surface area contributed by atoms with Crippen LogP contribution >= 0.6 is 0 Å². The summed E-state index contributed by atoms with van der Waals surface area (Å²) in [5, 5.41) is 0. The maximum atomic E-state index is 6.05. The van der Waals surface area contributed by atoms with Crippen LogP contribution < -0.4 is 4.74 Å². The van der Waals surface area contributed by atoms with Crippen molar-refractivity contribution in [2.75, 3.05) is 0 Å². The molecule has 17 heavy (non-hydrogen) atoms. The SMILES string of the molecule is Cc1ccccc1Oc1c(C)ccc(C)c1C. The van der Waals surface area contributed by atoms with Crippen molar-refractivity contribution >= 4 is 0 Å². The van der Waals surface area contributed by atoms with Crippen LogP contribution in [0, 0.1) is 27.7 Å². The van der Waals surface area contributed by atoms with Gasteiger partial charge in [-0.3, -0.25) is 0 Å². The summed E-state index contributed by atoms with van der Waals surface area (Å²) < 4.78 is 6.05. The lowest BCUT2D eigenvalue weighted by molar-refractivity contribution is 0.471. The number of hydrogen-bond donors (Lipinski definition) is 0. The van der Waals surface area contributed by atoms with Gasteiger partial charge in [0.1, 0.15) is 11.5 Å². The van der Waals surface area contributed by atoms with Gasteiger partial charge in [-0.1, -0.05) is 30.3 Å². The van der Waals surface area contributed by atoms with Gasteiger partial charge in [0, 0.05) is 0 Å². The Kier molecular flexibility index (Phi) is 3.19. The molecule has 2 aromatic carbocycles. The van der Waals surface area contributed by atoms with Crippen LogP contribution in [-0.4, -0.2) is 0 Å². The normalized spacial score (nSPS) is 10.4. The molecule has 2 aromatic rings. The topological polar surface area (TPSA) is 9.23 Å². The number of hydrogen-bond acceptors (Lipinski definition) is 1. The number of ether oxygens (including phenoxy) is 1. The van der Waals surface area contributed by atoms with E-state index in [1.807, 2.05) is 18.2 Å². The molecule has 0 aliphatic heterocycles. The summed E-state index contributed by atoms with van der Waals surface area (Å²) in [5.41, 5.74) is 4.82. The van der Waals surface area contributed by atoms with Crippen LogP contribution in [0.3, 0.4) is 0 Å². The second-order valence-electron chi connectivity index (χ2n) is 4.52. The summed E-state index contributed by atoms with van der Waals surface area (Å²) in [5.74, 6) is 1.92. The molecule has 0 radical (unpaired) electrons. The van der Waals surface area contributed by atoms with Gasteiger partial charge >= 0.3 is 0 Å². The van der Waals surface area contributed by atoms with Gasteiger partial charge in [-0.15, -0.1) is 0 Å². The van der Waals surface area contributed by atoms with Crippen molar-refractivity contribution in [2.45, 2.75) is 27.7 Å². The Hall–Kier alpha value is -1.76. The predicted molar refractivity (Wildman–Crippen MR) is 71.9 cm³/mol. The fraction of sp³-hybridized carbons (Fsp3) is 0.250. The molecule has 0 unspecified atom stereocenters. The zero-order chi connectivity index (χ0) is 12.4. The van der Waals surface area contributed by atoms with Gasteiger partial charge in [-0.2, -0.15) is 0 Å². The van der Waals surface area contributed by atoms with E-state index in [9.17, 15) is 0 Å². The third kappa shape index (κ3) is 2.33. The second kappa shape index (κ2) is 4.62. The van der Waals surface area contributed by atoms with Gasteiger partial charge in [0.2, 0.25) is 0 Å². The molecule has 0 aliphatic rings. The van der Waals surface area contributed by atoms with Crippen LogP contribution in [0.2, 0.25) is 0 Å². The molecule has 0 atom stereocenters. The van der Waals surface area contributed by atoms with Gasteiger partial charge in [-0.05, 0) is 56.0 Å². The quantitative estimate of drug-likeness (QED) is 0.720. The molecule has 0 fully saturated rings. The lowest BCUT2D eigenvalue weighted by atomic mass is 10.1. The van der Waals surface area contributed by atoms with Crippen molar-refractivity contribution in [3.8, 4) is 11.5 Å². The first-order valence-corrected chi connectivity index (χ1v) is 5.90. The molecule has 0 aliphatic carbocycles. The van der Waals surface area contributed by atoms with Gasteiger partial charge in [0.15, 0.2) is 0 Å². The molecule has 1 heteroatoms. The standard InChI is InChI=1S/C16H18O/c1-11-9-10-13(3)16(14(11)4)17-15-8-6-5-7-12(15)2/h5-10H,1-4H3. The smallest absolute Gasteiger partial charge is 0.133 e. The minimum absolute atomic E-state index is 0.935. The third-order valence-corrected chi connectivity index (χ3v) is 3.18. The summed E-state index contributed by atoms with van der Waals surface area (Å²) in [6.45, 7) is 8.37. The highest BCUT2D eigenvalue weighted by atomic mass is 16.5. The Morgan fingerprint density at radius 1 is 0.706 bits per heavy atom. The van der Waals surface area contributed by atoms with Crippen molar-refractivity contribution in [2.24, 2.45) is 0 Å². The number of para-hydroxylation sites is 1. The van der Waals surface area contributed by atoms with E-state index in [4.69, 9.17) is 4.74 Å². The van der Waals surface area contributed by atoms with Crippen molar-refractivity contribution in [3.05, 3.63) is 58.7 Å². The molecular weight excluding hydrogens is 208 g/mol. The van der Waals surface area contributed by atoms with Crippen LogP contribution in [-0.2, 0) is 0 Å². The fourth-order valence-electron chi connectivity index (χ4n) is 1.86. The van der Waals surface area contributed by atoms with Crippen molar-refractivity contribution in [3.63, 3.8) is 0 Å². The van der Waals surface area contributed by atoms with E-state index >= 15 is 0 Å². The molecular formula is C16H18O. The molecule has 0 spiro atoms. The summed E-state index contributed by atoms with van der Waals surface area (Å²) in [6.07, 6.45) is 0. The molecule has 0 aromatic heterocycles. The summed E-state index contributed by atoms with van der Waals surface area (Å²) in [6, 6.07) is 12.3.